The minimum atomic E-state index is 0.204. The molecule has 0 heterocycles. The van der Waals surface area contributed by atoms with E-state index in [0.717, 1.165) is 11.5 Å². The van der Waals surface area contributed by atoms with Crippen molar-refractivity contribution >= 4 is 16.9 Å². The normalized spacial score (nSPS) is 18.1. The highest BCUT2D eigenvalue weighted by atomic mass is 32.2. The van der Waals surface area contributed by atoms with Crippen LogP contribution in [-0.2, 0) is 0 Å². The lowest BCUT2D eigenvalue weighted by molar-refractivity contribution is 0.108. The standard InChI is InChI=1S/C18H26OS/c1-15(2)11-14-18(12-7-4-8-13-18)20-17(19)16-9-5-3-6-10-16/h3,5-6,9-10,15H,4,7-8,11-14H2,1-2H3. The largest absolute Gasteiger partial charge is 0.282 e. The molecule has 1 aliphatic rings. The van der Waals surface area contributed by atoms with E-state index in [4.69, 9.17) is 0 Å². The molecule has 1 aromatic rings. The molecule has 0 aliphatic heterocycles. The lowest BCUT2D eigenvalue weighted by Crippen LogP contribution is -2.30. The van der Waals surface area contributed by atoms with Crippen LogP contribution < -0.4 is 0 Å². The van der Waals surface area contributed by atoms with E-state index in [0.29, 0.717) is 0 Å². The molecule has 1 saturated carbocycles. The summed E-state index contributed by atoms with van der Waals surface area (Å²) in [5.74, 6) is 0.723. The second-order valence-corrected chi connectivity index (χ2v) is 7.87. The van der Waals surface area contributed by atoms with E-state index < -0.39 is 0 Å². The second-order valence-electron chi connectivity index (χ2n) is 6.43. The van der Waals surface area contributed by atoms with E-state index in [1.54, 1.807) is 11.8 Å². The third-order valence-electron chi connectivity index (χ3n) is 4.26. The molecule has 0 spiro atoms. The summed E-state index contributed by atoms with van der Waals surface area (Å²) in [7, 11) is 0. The van der Waals surface area contributed by atoms with Gasteiger partial charge >= 0.3 is 0 Å². The highest BCUT2D eigenvalue weighted by Crippen LogP contribution is 2.45. The SMILES string of the molecule is CC(C)CCC1(SC(=O)c2ccccc2)CCCCC1. The Balaban J connectivity index is 2.05. The van der Waals surface area contributed by atoms with Crippen LogP contribution in [0.25, 0.3) is 0 Å². The number of carbonyl (C=O) groups excluding carboxylic acids is 1. The summed E-state index contributed by atoms with van der Waals surface area (Å²) in [4.78, 5) is 12.5. The summed E-state index contributed by atoms with van der Waals surface area (Å²) in [5.41, 5.74) is 0.854. The van der Waals surface area contributed by atoms with Crippen molar-refractivity contribution in [1.82, 2.24) is 0 Å². The Morgan fingerprint density at radius 3 is 2.40 bits per heavy atom. The summed E-state index contributed by atoms with van der Waals surface area (Å²) in [6.45, 7) is 4.56. The molecular formula is C18H26OS. The molecule has 0 aromatic heterocycles. The van der Waals surface area contributed by atoms with Crippen LogP contribution in [0.2, 0.25) is 0 Å². The Labute approximate surface area is 127 Å². The first kappa shape index (κ1) is 15.6. The van der Waals surface area contributed by atoms with E-state index in [-0.39, 0.29) is 9.86 Å². The van der Waals surface area contributed by atoms with Crippen molar-refractivity contribution < 1.29 is 4.79 Å². The molecule has 0 radical (unpaired) electrons. The molecule has 110 valence electrons. The van der Waals surface area contributed by atoms with Crippen molar-refractivity contribution in [2.75, 3.05) is 0 Å². The molecule has 2 rings (SSSR count). The number of rotatable bonds is 5. The minimum Gasteiger partial charge on any atom is -0.282 e. The Morgan fingerprint density at radius 2 is 1.80 bits per heavy atom. The van der Waals surface area contributed by atoms with E-state index in [2.05, 4.69) is 13.8 Å². The Bertz CT molecular complexity index is 418. The summed E-state index contributed by atoms with van der Waals surface area (Å²) in [6, 6.07) is 9.75. The number of carbonyl (C=O) groups is 1. The fourth-order valence-corrected chi connectivity index (χ4v) is 4.34. The van der Waals surface area contributed by atoms with Crippen LogP contribution >= 0.6 is 11.8 Å². The average Bonchev–Trinajstić information content (AvgIpc) is 2.47. The fraction of sp³-hybridized carbons (Fsp3) is 0.611. The van der Waals surface area contributed by atoms with Crippen molar-refractivity contribution in [2.45, 2.75) is 63.5 Å². The summed E-state index contributed by atoms with van der Waals surface area (Å²) in [5, 5.41) is 0.260. The molecule has 2 heteroatoms. The van der Waals surface area contributed by atoms with Crippen LogP contribution in [0, 0.1) is 5.92 Å². The van der Waals surface area contributed by atoms with E-state index in [1.807, 2.05) is 30.3 Å². The summed E-state index contributed by atoms with van der Waals surface area (Å²) < 4.78 is 0.204. The lowest BCUT2D eigenvalue weighted by atomic mass is 9.83. The zero-order chi connectivity index (χ0) is 14.4. The van der Waals surface area contributed by atoms with Crippen molar-refractivity contribution in [1.29, 1.82) is 0 Å². The van der Waals surface area contributed by atoms with E-state index in [1.165, 1.54) is 44.9 Å². The van der Waals surface area contributed by atoms with Gasteiger partial charge in [-0.25, -0.2) is 0 Å². The molecule has 20 heavy (non-hydrogen) atoms. The van der Waals surface area contributed by atoms with Gasteiger partial charge in [-0.15, -0.1) is 0 Å². The molecule has 1 aromatic carbocycles. The zero-order valence-electron chi connectivity index (χ0n) is 12.7. The first-order chi connectivity index (χ1) is 9.61. The maximum Gasteiger partial charge on any atom is 0.219 e. The predicted molar refractivity (Wildman–Crippen MR) is 88.3 cm³/mol. The van der Waals surface area contributed by atoms with Crippen LogP contribution in [0.5, 0.6) is 0 Å². The molecule has 0 saturated heterocycles. The summed E-state index contributed by atoms with van der Waals surface area (Å²) in [6.07, 6.45) is 8.75. The summed E-state index contributed by atoms with van der Waals surface area (Å²) >= 11 is 1.62. The molecule has 0 amide bonds. The third-order valence-corrected chi connectivity index (χ3v) is 5.73. The van der Waals surface area contributed by atoms with Crippen molar-refractivity contribution in [3.05, 3.63) is 35.9 Å². The van der Waals surface area contributed by atoms with Gasteiger partial charge in [0.2, 0.25) is 5.12 Å². The minimum absolute atomic E-state index is 0.204. The maximum atomic E-state index is 12.5. The average molecular weight is 290 g/mol. The van der Waals surface area contributed by atoms with E-state index in [9.17, 15) is 4.79 Å². The topological polar surface area (TPSA) is 17.1 Å². The van der Waals surface area contributed by atoms with Crippen molar-refractivity contribution in [3.8, 4) is 0 Å². The van der Waals surface area contributed by atoms with Crippen LogP contribution in [-0.4, -0.2) is 9.86 Å². The number of thioether (sulfide) groups is 1. The monoisotopic (exact) mass is 290 g/mol. The quantitative estimate of drug-likeness (QED) is 0.692. The Hall–Kier alpha value is -0.760. The molecule has 0 unspecified atom stereocenters. The van der Waals surface area contributed by atoms with Crippen LogP contribution in [0.15, 0.2) is 30.3 Å². The Morgan fingerprint density at radius 1 is 1.15 bits per heavy atom. The van der Waals surface area contributed by atoms with E-state index >= 15 is 0 Å². The number of benzene rings is 1. The zero-order valence-corrected chi connectivity index (χ0v) is 13.5. The lowest BCUT2D eigenvalue weighted by Gasteiger charge is -2.36. The van der Waals surface area contributed by atoms with Gasteiger partial charge in [-0.1, -0.05) is 75.2 Å². The number of hydrogen-bond donors (Lipinski definition) is 0. The van der Waals surface area contributed by atoms with Gasteiger partial charge in [0.15, 0.2) is 0 Å². The molecule has 0 atom stereocenters. The maximum absolute atomic E-state index is 12.5. The molecule has 1 aliphatic carbocycles. The van der Waals surface area contributed by atoms with Gasteiger partial charge in [0, 0.05) is 10.3 Å². The third kappa shape index (κ3) is 4.37. The van der Waals surface area contributed by atoms with Gasteiger partial charge in [-0.05, 0) is 31.6 Å². The van der Waals surface area contributed by atoms with Crippen molar-refractivity contribution in [2.24, 2.45) is 5.92 Å². The van der Waals surface area contributed by atoms with Gasteiger partial charge < -0.3 is 0 Å². The van der Waals surface area contributed by atoms with Crippen molar-refractivity contribution in [3.63, 3.8) is 0 Å². The predicted octanol–water partition coefficient (Wildman–Crippen LogP) is 5.70. The molecule has 1 nitrogen and oxygen atoms in total. The molecule has 0 bridgehead atoms. The first-order valence-electron chi connectivity index (χ1n) is 7.90. The van der Waals surface area contributed by atoms with Gasteiger partial charge in [0.25, 0.3) is 0 Å². The smallest absolute Gasteiger partial charge is 0.219 e. The number of hydrogen-bond acceptors (Lipinski definition) is 2. The van der Waals surface area contributed by atoms with Crippen LogP contribution in [0.1, 0.15) is 69.2 Å². The van der Waals surface area contributed by atoms with Gasteiger partial charge in [0.1, 0.15) is 0 Å². The molecule has 1 fully saturated rings. The Kier molecular flexibility index (Phi) is 5.71. The van der Waals surface area contributed by atoms with Gasteiger partial charge in [-0.3, -0.25) is 4.79 Å². The second kappa shape index (κ2) is 7.31. The highest BCUT2D eigenvalue weighted by molar-refractivity contribution is 8.15. The highest BCUT2D eigenvalue weighted by Gasteiger charge is 2.35. The molecule has 0 N–H and O–H groups in total. The fourth-order valence-electron chi connectivity index (χ4n) is 2.98. The van der Waals surface area contributed by atoms with Crippen LogP contribution in [0.3, 0.4) is 0 Å². The van der Waals surface area contributed by atoms with Crippen LogP contribution in [0.4, 0.5) is 0 Å². The van der Waals surface area contributed by atoms with Gasteiger partial charge in [-0.2, -0.15) is 0 Å². The first-order valence-corrected chi connectivity index (χ1v) is 8.71. The molecular weight excluding hydrogens is 264 g/mol. The van der Waals surface area contributed by atoms with Gasteiger partial charge in [0.05, 0.1) is 0 Å².